The molecular formula is C27H42FN5O3. The van der Waals surface area contributed by atoms with Gasteiger partial charge in [0.25, 0.3) is 5.91 Å². The van der Waals surface area contributed by atoms with Crippen LogP contribution in [0.4, 0.5) is 4.39 Å². The predicted molar refractivity (Wildman–Crippen MR) is 134 cm³/mol. The first kappa shape index (κ1) is 24.8. The second-order valence-corrected chi connectivity index (χ2v) is 12.0. The maximum Gasteiger partial charge on any atom is 0.256 e. The smallest absolute Gasteiger partial charge is 0.256 e. The number of rotatable bonds is 5. The number of morpholine rings is 1. The fraction of sp³-hybridized carbons (Fsp3) is 0.852. The summed E-state index contributed by atoms with van der Waals surface area (Å²) in [6.07, 6.45) is 8.63. The average molecular weight is 504 g/mol. The molecule has 2 saturated carbocycles. The van der Waals surface area contributed by atoms with Crippen LogP contribution in [0, 0.1) is 5.92 Å². The van der Waals surface area contributed by atoms with Crippen LogP contribution in [-0.4, -0.2) is 108 Å². The fourth-order valence-corrected chi connectivity index (χ4v) is 8.04. The fourth-order valence-electron chi connectivity index (χ4n) is 8.04. The summed E-state index contributed by atoms with van der Waals surface area (Å²) < 4.78 is 22.6. The number of ketones is 1. The maximum atomic E-state index is 15.9. The third-order valence-electron chi connectivity index (χ3n) is 9.90. The molecule has 0 aromatic carbocycles. The van der Waals surface area contributed by atoms with Crippen LogP contribution < -0.4 is 11.1 Å². The van der Waals surface area contributed by atoms with Gasteiger partial charge in [-0.3, -0.25) is 14.5 Å². The van der Waals surface area contributed by atoms with Crippen LogP contribution in [0.3, 0.4) is 0 Å². The molecule has 200 valence electrons. The molecule has 8 unspecified atom stereocenters. The topological polar surface area (TPSA) is 91.1 Å². The van der Waals surface area contributed by atoms with Gasteiger partial charge in [-0.1, -0.05) is 12.8 Å². The molecule has 9 heteroatoms. The Balaban J connectivity index is 1.25. The van der Waals surface area contributed by atoms with Crippen molar-refractivity contribution in [3.05, 3.63) is 11.8 Å². The van der Waals surface area contributed by atoms with E-state index >= 15 is 4.39 Å². The average Bonchev–Trinajstić information content (AvgIpc) is 3.48. The number of nitrogens with zero attached hydrogens (tertiary/aromatic N) is 3. The number of hydrogen-bond acceptors (Lipinski definition) is 7. The Morgan fingerprint density at radius 2 is 2.00 bits per heavy atom. The zero-order valence-corrected chi connectivity index (χ0v) is 21.5. The predicted octanol–water partition coefficient (Wildman–Crippen LogP) is 1.19. The Morgan fingerprint density at radius 3 is 2.75 bits per heavy atom. The van der Waals surface area contributed by atoms with Gasteiger partial charge in [-0.05, 0) is 58.5 Å². The van der Waals surface area contributed by atoms with Gasteiger partial charge in [0.2, 0.25) is 0 Å². The Kier molecular flexibility index (Phi) is 6.86. The van der Waals surface area contributed by atoms with Gasteiger partial charge in [-0.15, -0.1) is 0 Å². The molecule has 4 aliphatic heterocycles. The number of ether oxygens (including phenoxy) is 1. The van der Waals surface area contributed by atoms with Crippen LogP contribution in [-0.2, 0) is 14.3 Å². The minimum atomic E-state index is -1.17. The summed E-state index contributed by atoms with van der Waals surface area (Å²) in [4.78, 5) is 33.7. The number of hydrogen-bond donors (Lipinski definition) is 2. The number of nitrogens with two attached hydrogens (primary N) is 1. The molecular weight excluding hydrogens is 461 g/mol. The van der Waals surface area contributed by atoms with Crippen molar-refractivity contribution < 1.29 is 18.7 Å². The van der Waals surface area contributed by atoms with Crippen LogP contribution in [0.2, 0.25) is 0 Å². The molecule has 9 atom stereocenters. The van der Waals surface area contributed by atoms with Crippen molar-refractivity contribution in [2.24, 2.45) is 11.7 Å². The van der Waals surface area contributed by atoms with Gasteiger partial charge < -0.3 is 25.6 Å². The van der Waals surface area contributed by atoms with Crippen LogP contribution in [0.15, 0.2) is 11.8 Å². The lowest BCUT2D eigenvalue weighted by Gasteiger charge is -2.60. The zero-order chi connectivity index (χ0) is 25.0. The number of amides is 1. The standard InChI is InChI=1S/C27H42FN5O3/c1-31-11-4-5-17(31)8-10-30-27(35)19-15-33-21-6-2-3-7-22(21)36-26-23(33)18(25(19)34)13-20(28)24(26)32-12-9-16(29)14-32/h15-18,20-24,26H,2-14,29H2,1H3,(H,30,35)/t16-,17?,18?,20?,21?,22?,23?,24?,26?/m0/s1. The van der Waals surface area contributed by atoms with E-state index in [0.717, 1.165) is 58.0 Å². The quantitative estimate of drug-likeness (QED) is 0.545. The molecule has 0 radical (unpaired) electrons. The molecule has 0 aromatic heterocycles. The Hall–Kier alpha value is -1.55. The largest absolute Gasteiger partial charge is 0.369 e. The van der Waals surface area contributed by atoms with Gasteiger partial charge in [0.05, 0.1) is 35.9 Å². The number of nitrogens with one attached hydrogen (secondary N) is 1. The van der Waals surface area contributed by atoms with Crippen molar-refractivity contribution in [1.29, 1.82) is 0 Å². The second kappa shape index (κ2) is 9.97. The lowest BCUT2D eigenvalue weighted by Crippen LogP contribution is -2.73. The van der Waals surface area contributed by atoms with E-state index in [9.17, 15) is 9.59 Å². The molecule has 0 aromatic rings. The third-order valence-corrected chi connectivity index (χ3v) is 9.90. The molecule has 8 nitrogen and oxygen atoms in total. The van der Waals surface area contributed by atoms with E-state index in [1.165, 1.54) is 6.42 Å². The lowest BCUT2D eigenvalue weighted by atomic mass is 9.69. The molecule has 5 fully saturated rings. The number of likely N-dealkylation sites (tertiary alicyclic amines) is 2. The third kappa shape index (κ3) is 4.29. The summed E-state index contributed by atoms with van der Waals surface area (Å²) in [5.41, 5.74) is 6.38. The summed E-state index contributed by atoms with van der Waals surface area (Å²) in [6, 6.07) is 0.0851. The van der Waals surface area contributed by atoms with Crippen molar-refractivity contribution in [2.45, 2.75) is 106 Å². The first-order chi connectivity index (χ1) is 17.4. The summed E-state index contributed by atoms with van der Waals surface area (Å²) in [5.74, 6) is -1.07. The Bertz CT molecular complexity index is 901. The number of fused-ring (bicyclic) bond motifs is 2. The minimum absolute atomic E-state index is 0.0105. The highest BCUT2D eigenvalue weighted by atomic mass is 19.1. The van der Waals surface area contributed by atoms with Gasteiger partial charge in [-0.2, -0.15) is 0 Å². The van der Waals surface area contributed by atoms with E-state index in [4.69, 9.17) is 10.5 Å². The summed E-state index contributed by atoms with van der Waals surface area (Å²) in [5, 5.41) is 3.01. The van der Waals surface area contributed by atoms with Crippen LogP contribution in [0.5, 0.6) is 0 Å². The molecule has 1 amide bonds. The van der Waals surface area contributed by atoms with E-state index in [1.54, 1.807) is 0 Å². The normalized spacial score (nSPS) is 43.2. The number of carbonyl (C=O) groups excluding carboxylic acids is 2. The minimum Gasteiger partial charge on any atom is -0.369 e. The van der Waals surface area contributed by atoms with E-state index < -0.39 is 12.1 Å². The summed E-state index contributed by atoms with van der Waals surface area (Å²) in [6.45, 7) is 3.09. The molecule has 6 aliphatic rings. The Labute approximate surface area is 213 Å². The van der Waals surface area contributed by atoms with E-state index in [-0.39, 0.29) is 60.1 Å². The number of halogens is 1. The Morgan fingerprint density at radius 1 is 1.17 bits per heavy atom. The monoisotopic (exact) mass is 503 g/mol. The highest BCUT2D eigenvalue weighted by Crippen LogP contribution is 2.47. The van der Waals surface area contributed by atoms with Gasteiger partial charge in [0.1, 0.15) is 6.17 Å². The number of carbonyl (C=O) groups is 2. The summed E-state index contributed by atoms with van der Waals surface area (Å²) >= 11 is 0. The van der Waals surface area contributed by atoms with Crippen LogP contribution >= 0.6 is 0 Å². The molecule has 36 heavy (non-hydrogen) atoms. The van der Waals surface area contributed by atoms with Crippen molar-refractivity contribution in [3.63, 3.8) is 0 Å². The first-order valence-corrected chi connectivity index (χ1v) is 14.2. The molecule has 6 rings (SSSR count). The second-order valence-electron chi connectivity index (χ2n) is 12.0. The maximum absolute atomic E-state index is 15.9. The SMILES string of the molecule is CN1CCCC1CCNC(=O)C1=CN2C3CCCCC3OC3C(N4CC[C@H](N)C4)C(F)CC(C1=O)C32. The van der Waals surface area contributed by atoms with Crippen molar-refractivity contribution in [2.75, 3.05) is 33.2 Å². The van der Waals surface area contributed by atoms with Crippen LogP contribution in [0.25, 0.3) is 0 Å². The zero-order valence-electron chi connectivity index (χ0n) is 21.5. The lowest BCUT2D eigenvalue weighted by molar-refractivity contribution is -0.209. The van der Waals surface area contributed by atoms with Gasteiger partial charge in [0, 0.05) is 43.8 Å². The first-order valence-electron chi connectivity index (χ1n) is 14.2. The summed E-state index contributed by atoms with van der Waals surface area (Å²) in [7, 11) is 2.13. The highest BCUT2D eigenvalue weighted by molar-refractivity contribution is 6.20. The molecule has 0 bridgehead atoms. The molecule has 4 heterocycles. The van der Waals surface area contributed by atoms with Gasteiger partial charge in [-0.25, -0.2) is 4.39 Å². The number of alkyl halides is 1. The molecule has 0 spiro atoms. The van der Waals surface area contributed by atoms with Crippen molar-refractivity contribution in [3.8, 4) is 0 Å². The van der Waals surface area contributed by atoms with Crippen molar-refractivity contribution in [1.82, 2.24) is 20.0 Å². The highest BCUT2D eigenvalue weighted by Gasteiger charge is 2.59. The molecule has 2 aliphatic carbocycles. The van der Waals surface area contributed by atoms with E-state index in [1.807, 2.05) is 6.20 Å². The van der Waals surface area contributed by atoms with Gasteiger partial charge in [0.15, 0.2) is 5.78 Å². The van der Waals surface area contributed by atoms with Gasteiger partial charge >= 0.3 is 0 Å². The molecule has 3 saturated heterocycles. The van der Waals surface area contributed by atoms with Crippen molar-refractivity contribution >= 4 is 11.7 Å². The van der Waals surface area contributed by atoms with Crippen LogP contribution in [0.1, 0.15) is 57.8 Å². The van der Waals surface area contributed by atoms with E-state index in [2.05, 4.69) is 27.1 Å². The number of Topliss-reactive ketones (excluding diaryl/α,β-unsaturated/α-hetero) is 1. The van der Waals surface area contributed by atoms with E-state index in [0.29, 0.717) is 19.1 Å². The molecule has 3 N–H and O–H groups in total.